The Morgan fingerprint density at radius 3 is 2.62 bits per heavy atom. The number of sulfonamides is 1. The number of hydrogen-bond acceptors (Lipinski definition) is 4. The Bertz CT molecular complexity index is 542. The van der Waals surface area contributed by atoms with E-state index in [0.29, 0.717) is 12.4 Å². The quantitative estimate of drug-likeness (QED) is 0.688. The van der Waals surface area contributed by atoms with Gasteiger partial charge in [0.15, 0.2) is 0 Å². The van der Waals surface area contributed by atoms with Crippen molar-refractivity contribution in [1.82, 2.24) is 9.71 Å². The summed E-state index contributed by atoms with van der Waals surface area (Å²) >= 11 is 0. The highest BCUT2D eigenvalue weighted by Crippen LogP contribution is 2.23. The van der Waals surface area contributed by atoms with Crippen molar-refractivity contribution in [3.8, 4) is 0 Å². The average molecular weight is 313 g/mol. The van der Waals surface area contributed by atoms with Gasteiger partial charge in [-0.1, -0.05) is 40.0 Å². The third-order valence-corrected chi connectivity index (χ3v) is 4.89. The van der Waals surface area contributed by atoms with Gasteiger partial charge in [0.05, 0.1) is 4.90 Å². The predicted molar refractivity (Wildman–Crippen MR) is 86.9 cm³/mol. The second-order valence-electron chi connectivity index (χ2n) is 6.07. The zero-order valence-corrected chi connectivity index (χ0v) is 14.3. The second kappa shape index (κ2) is 7.75. The topological polar surface area (TPSA) is 71.1 Å². The molecule has 120 valence electrons. The van der Waals surface area contributed by atoms with Gasteiger partial charge in [0.25, 0.3) is 0 Å². The standard InChI is InChI=1S/C15H27N3O2S/c1-5-6-7-9-15(2,3)12-18-21(19,20)13-8-10-17-14(11-13)16-4/h8,10-11,18H,5-7,9,12H2,1-4H3,(H,16,17). The van der Waals surface area contributed by atoms with E-state index in [4.69, 9.17) is 0 Å². The van der Waals surface area contributed by atoms with Crippen LogP contribution in [-0.4, -0.2) is 27.0 Å². The summed E-state index contributed by atoms with van der Waals surface area (Å²) in [6.45, 7) is 6.79. The molecule has 5 nitrogen and oxygen atoms in total. The fraction of sp³-hybridized carbons (Fsp3) is 0.667. The van der Waals surface area contributed by atoms with Crippen LogP contribution in [0.2, 0.25) is 0 Å². The van der Waals surface area contributed by atoms with Gasteiger partial charge in [-0.3, -0.25) is 0 Å². The van der Waals surface area contributed by atoms with E-state index in [1.54, 1.807) is 7.05 Å². The van der Waals surface area contributed by atoms with E-state index < -0.39 is 10.0 Å². The highest BCUT2D eigenvalue weighted by atomic mass is 32.2. The van der Waals surface area contributed by atoms with Crippen LogP contribution >= 0.6 is 0 Å². The number of aromatic nitrogens is 1. The summed E-state index contributed by atoms with van der Waals surface area (Å²) in [6, 6.07) is 3.04. The molecule has 0 saturated heterocycles. The fourth-order valence-corrected chi connectivity index (χ4v) is 3.28. The highest BCUT2D eigenvalue weighted by molar-refractivity contribution is 7.89. The molecule has 0 aliphatic heterocycles. The smallest absolute Gasteiger partial charge is 0.240 e. The maximum atomic E-state index is 12.3. The Kier molecular flexibility index (Phi) is 6.61. The molecule has 0 aromatic carbocycles. The first-order chi connectivity index (χ1) is 9.80. The van der Waals surface area contributed by atoms with E-state index in [9.17, 15) is 8.42 Å². The van der Waals surface area contributed by atoms with E-state index in [1.807, 2.05) is 0 Å². The van der Waals surface area contributed by atoms with Crippen molar-refractivity contribution in [3.05, 3.63) is 18.3 Å². The molecular formula is C15H27N3O2S. The summed E-state index contributed by atoms with van der Waals surface area (Å²) in [4.78, 5) is 4.27. The van der Waals surface area contributed by atoms with Gasteiger partial charge in [-0.15, -0.1) is 0 Å². The number of unbranched alkanes of at least 4 members (excludes halogenated alkanes) is 2. The van der Waals surface area contributed by atoms with Crippen LogP contribution in [0.25, 0.3) is 0 Å². The Balaban J connectivity index is 2.67. The van der Waals surface area contributed by atoms with Crippen molar-refractivity contribution in [1.29, 1.82) is 0 Å². The van der Waals surface area contributed by atoms with Crippen molar-refractivity contribution >= 4 is 15.8 Å². The minimum Gasteiger partial charge on any atom is -0.373 e. The highest BCUT2D eigenvalue weighted by Gasteiger charge is 2.22. The van der Waals surface area contributed by atoms with Gasteiger partial charge in [0.1, 0.15) is 5.82 Å². The van der Waals surface area contributed by atoms with Gasteiger partial charge in [0.2, 0.25) is 10.0 Å². The summed E-state index contributed by atoms with van der Waals surface area (Å²) in [5.74, 6) is 0.542. The molecule has 0 atom stereocenters. The van der Waals surface area contributed by atoms with Gasteiger partial charge in [0, 0.05) is 25.9 Å². The average Bonchev–Trinajstić information content (AvgIpc) is 2.46. The minimum atomic E-state index is -3.49. The molecule has 0 amide bonds. The molecule has 6 heteroatoms. The lowest BCUT2D eigenvalue weighted by atomic mass is 9.87. The molecule has 1 heterocycles. The molecule has 21 heavy (non-hydrogen) atoms. The van der Waals surface area contributed by atoms with Crippen LogP contribution in [0.15, 0.2) is 23.2 Å². The number of nitrogens with zero attached hydrogens (tertiary/aromatic N) is 1. The normalized spacial score (nSPS) is 12.4. The summed E-state index contributed by atoms with van der Waals surface area (Å²) in [5.41, 5.74) is -0.0406. The molecule has 0 bridgehead atoms. The first-order valence-electron chi connectivity index (χ1n) is 7.44. The first-order valence-corrected chi connectivity index (χ1v) is 8.92. The number of nitrogens with one attached hydrogen (secondary N) is 2. The molecule has 0 aliphatic rings. The predicted octanol–water partition coefficient (Wildman–Crippen LogP) is 3.01. The Morgan fingerprint density at radius 2 is 2.00 bits per heavy atom. The van der Waals surface area contributed by atoms with Gasteiger partial charge >= 0.3 is 0 Å². The van der Waals surface area contributed by atoms with Crippen molar-refractivity contribution in [2.75, 3.05) is 18.9 Å². The molecule has 0 unspecified atom stereocenters. The van der Waals surface area contributed by atoms with Crippen LogP contribution in [0.5, 0.6) is 0 Å². The Morgan fingerprint density at radius 1 is 1.29 bits per heavy atom. The monoisotopic (exact) mass is 313 g/mol. The van der Waals surface area contributed by atoms with Crippen molar-refractivity contribution in [3.63, 3.8) is 0 Å². The molecule has 1 aromatic heterocycles. The maximum absolute atomic E-state index is 12.3. The van der Waals surface area contributed by atoms with Gasteiger partial charge < -0.3 is 5.32 Å². The van der Waals surface area contributed by atoms with E-state index in [-0.39, 0.29) is 10.3 Å². The lowest BCUT2D eigenvalue weighted by molar-refractivity contribution is 0.320. The third kappa shape index (κ3) is 6.01. The molecule has 0 saturated carbocycles. The maximum Gasteiger partial charge on any atom is 0.240 e. The number of hydrogen-bond donors (Lipinski definition) is 2. The van der Waals surface area contributed by atoms with E-state index in [0.717, 1.165) is 12.8 Å². The third-order valence-electron chi connectivity index (χ3n) is 3.50. The molecule has 2 N–H and O–H groups in total. The fourth-order valence-electron chi connectivity index (χ4n) is 2.03. The lowest BCUT2D eigenvalue weighted by Gasteiger charge is -2.24. The summed E-state index contributed by atoms with van der Waals surface area (Å²) < 4.78 is 27.3. The van der Waals surface area contributed by atoms with Crippen LogP contribution in [0.1, 0.15) is 46.5 Å². The van der Waals surface area contributed by atoms with Crippen molar-refractivity contribution in [2.24, 2.45) is 5.41 Å². The van der Waals surface area contributed by atoms with Gasteiger partial charge in [-0.05, 0) is 17.9 Å². The molecule has 0 spiro atoms. The first kappa shape index (κ1) is 17.9. The van der Waals surface area contributed by atoms with Crippen LogP contribution in [0.4, 0.5) is 5.82 Å². The summed E-state index contributed by atoms with van der Waals surface area (Å²) in [6.07, 6.45) is 6.00. The SMILES string of the molecule is CCCCCC(C)(C)CNS(=O)(=O)c1ccnc(NC)c1. The minimum absolute atomic E-state index is 0.0406. The molecular weight excluding hydrogens is 286 g/mol. The summed E-state index contributed by atoms with van der Waals surface area (Å²) in [7, 11) is -1.78. The Labute approximate surface area is 128 Å². The van der Waals surface area contributed by atoms with Crippen LogP contribution in [-0.2, 0) is 10.0 Å². The number of anilines is 1. The van der Waals surface area contributed by atoms with Crippen molar-refractivity contribution < 1.29 is 8.42 Å². The second-order valence-corrected chi connectivity index (χ2v) is 7.84. The van der Waals surface area contributed by atoms with E-state index >= 15 is 0 Å². The summed E-state index contributed by atoms with van der Waals surface area (Å²) in [5, 5.41) is 2.84. The van der Waals surface area contributed by atoms with Gasteiger partial charge in [-0.25, -0.2) is 18.1 Å². The largest absolute Gasteiger partial charge is 0.373 e. The molecule has 1 aromatic rings. The zero-order valence-electron chi connectivity index (χ0n) is 13.4. The van der Waals surface area contributed by atoms with Crippen LogP contribution < -0.4 is 10.0 Å². The molecule has 1 rings (SSSR count). The van der Waals surface area contributed by atoms with Gasteiger partial charge in [-0.2, -0.15) is 0 Å². The zero-order chi connectivity index (χ0) is 15.9. The van der Waals surface area contributed by atoms with Crippen LogP contribution in [0, 0.1) is 5.41 Å². The lowest BCUT2D eigenvalue weighted by Crippen LogP contribution is -2.34. The van der Waals surface area contributed by atoms with E-state index in [1.165, 1.54) is 31.2 Å². The molecule has 0 aliphatic carbocycles. The molecule has 0 fully saturated rings. The molecule has 0 radical (unpaired) electrons. The number of rotatable bonds is 9. The van der Waals surface area contributed by atoms with Crippen LogP contribution in [0.3, 0.4) is 0 Å². The van der Waals surface area contributed by atoms with Crippen molar-refractivity contribution in [2.45, 2.75) is 51.3 Å². The van der Waals surface area contributed by atoms with E-state index in [2.05, 4.69) is 35.8 Å². The number of pyridine rings is 1. The Hall–Kier alpha value is -1.14.